The number of rotatable bonds is 3. The van der Waals surface area contributed by atoms with Crippen LogP contribution < -0.4 is 0 Å². The van der Waals surface area contributed by atoms with E-state index < -0.39 is 22.0 Å². The van der Waals surface area contributed by atoms with E-state index in [9.17, 15) is 13.2 Å². The first kappa shape index (κ1) is 17.7. The minimum Gasteiger partial charge on any atom is -0.468 e. The molecule has 0 N–H and O–H groups in total. The van der Waals surface area contributed by atoms with Gasteiger partial charge >= 0.3 is 5.97 Å². The molecule has 1 aliphatic carbocycles. The Bertz CT molecular complexity index is 761. The van der Waals surface area contributed by atoms with E-state index in [4.69, 9.17) is 16.3 Å². The third kappa shape index (κ3) is 2.64. The maximum Gasteiger partial charge on any atom is 0.324 e. The SMILES string of the molecule is COC(=O)C1CC2CCCCC2N1S(=O)(=O)c1c(C)nn(C)c1Cl. The molecule has 24 heavy (non-hydrogen) atoms. The van der Waals surface area contributed by atoms with Gasteiger partial charge in [0.15, 0.2) is 0 Å². The number of aromatic nitrogens is 2. The summed E-state index contributed by atoms with van der Waals surface area (Å²) in [7, 11) is -1.05. The first-order valence-electron chi connectivity index (χ1n) is 8.09. The van der Waals surface area contributed by atoms with Crippen molar-refractivity contribution in [1.82, 2.24) is 14.1 Å². The van der Waals surface area contributed by atoms with Crippen LogP contribution in [0.15, 0.2) is 4.90 Å². The van der Waals surface area contributed by atoms with Crippen molar-refractivity contribution in [3.63, 3.8) is 0 Å². The van der Waals surface area contributed by atoms with Crippen molar-refractivity contribution < 1.29 is 17.9 Å². The Hall–Kier alpha value is -1.12. The second-order valence-corrected chi connectivity index (χ2v) is 8.69. The van der Waals surface area contributed by atoms with Crippen molar-refractivity contribution >= 4 is 27.6 Å². The van der Waals surface area contributed by atoms with E-state index >= 15 is 0 Å². The second kappa shape index (κ2) is 6.31. The topological polar surface area (TPSA) is 81.5 Å². The summed E-state index contributed by atoms with van der Waals surface area (Å²) in [6.45, 7) is 1.61. The molecule has 1 saturated carbocycles. The van der Waals surface area contributed by atoms with Crippen LogP contribution in [-0.2, 0) is 26.6 Å². The van der Waals surface area contributed by atoms with Crippen molar-refractivity contribution in [2.24, 2.45) is 13.0 Å². The Kier molecular flexibility index (Phi) is 4.65. The molecule has 0 radical (unpaired) electrons. The molecule has 1 aromatic heterocycles. The molecule has 2 fully saturated rings. The van der Waals surface area contributed by atoms with E-state index in [2.05, 4.69) is 5.10 Å². The summed E-state index contributed by atoms with van der Waals surface area (Å²) >= 11 is 6.19. The molecule has 134 valence electrons. The van der Waals surface area contributed by atoms with Crippen molar-refractivity contribution in [2.75, 3.05) is 7.11 Å². The number of aryl methyl sites for hydroxylation is 2. The molecule has 1 aromatic rings. The highest BCUT2D eigenvalue weighted by molar-refractivity contribution is 7.89. The lowest BCUT2D eigenvalue weighted by molar-refractivity contribution is -0.144. The fourth-order valence-electron chi connectivity index (χ4n) is 4.11. The molecule has 3 rings (SSSR count). The van der Waals surface area contributed by atoms with E-state index in [1.54, 1.807) is 14.0 Å². The van der Waals surface area contributed by atoms with Crippen molar-refractivity contribution in [3.05, 3.63) is 10.8 Å². The number of ether oxygens (including phenoxy) is 1. The lowest BCUT2D eigenvalue weighted by Crippen LogP contribution is -2.46. The van der Waals surface area contributed by atoms with E-state index in [1.807, 2.05) is 0 Å². The Morgan fingerprint density at radius 1 is 1.33 bits per heavy atom. The number of hydrogen-bond donors (Lipinski definition) is 0. The largest absolute Gasteiger partial charge is 0.468 e. The third-order valence-electron chi connectivity index (χ3n) is 5.14. The lowest BCUT2D eigenvalue weighted by Gasteiger charge is -2.32. The van der Waals surface area contributed by atoms with E-state index in [1.165, 1.54) is 16.1 Å². The highest BCUT2D eigenvalue weighted by Crippen LogP contribution is 2.44. The molecule has 2 aliphatic rings. The van der Waals surface area contributed by atoms with Crippen LogP contribution in [0.2, 0.25) is 5.15 Å². The number of sulfonamides is 1. The van der Waals surface area contributed by atoms with Crippen LogP contribution in [0.3, 0.4) is 0 Å². The maximum absolute atomic E-state index is 13.4. The number of halogens is 1. The molecule has 1 aliphatic heterocycles. The van der Waals surface area contributed by atoms with Crippen LogP contribution in [0.1, 0.15) is 37.8 Å². The smallest absolute Gasteiger partial charge is 0.324 e. The van der Waals surface area contributed by atoms with Gasteiger partial charge in [-0.25, -0.2) is 8.42 Å². The molecule has 7 nitrogen and oxygen atoms in total. The van der Waals surface area contributed by atoms with Crippen LogP contribution in [-0.4, -0.2) is 47.7 Å². The van der Waals surface area contributed by atoms with Crippen LogP contribution in [0.25, 0.3) is 0 Å². The Morgan fingerprint density at radius 3 is 2.58 bits per heavy atom. The number of fused-ring (bicyclic) bond motifs is 1. The van der Waals surface area contributed by atoms with Gasteiger partial charge in [0.1, 0.15) is 16.1 Å². The predicted molar refractivity (Wildman–Crippen MR) is 88.1 cm³/mol. The van der Waals surface area contributed by atoms with Crippen molar-refractivity contribution in [1.29, 1.82) is 0 Å². The predicted octanol–water partition coefficient (Wildman–Crippen LogP) is 1.88. The van der Waals surface area contributed by atoms with Gasteiger partial charge in [0.05, 0.1) is 12.8 Å². The van der Waals surface area contributed by atoms with Gasteiger partial charge in [-0.3, -0.25) is 9.48 Å². The molecule has 0 spiro atoms. The van der Waals surface area contributed by atoms with Gasteiger partial charge < -0.3 is 4.74 Å². The van der Waals surface area contributed by atoms with Crippen LogP contribution in [0.5, 0.6) is 0 Å². The number of hydrogen-bond acceptors (Lipinski definition) is 5. The number of nitrogens with zero attached hydrogens (tertiary/aromatic N) is 3. The van der Waals surface area contributed by atoms with Crippen LogP contribution in [0.4, 0.5) is 0 Å². The number of carbonyl (C=O) groups excluding carboxylic acids is 1. The van der Waals surface area contributed by atoms with Gasteiger partial charge in [0, 0.05) is 13.1 Å². The van der Waals surface area contributed by atoms with Gasteiger partial charge in [0.25, 0.3) is 0 Å². The molecule has 0 amide bonds. The quantitative estimate of drug-likeness (QED) is 0.753. The second-order valence-electron chi connectivity index (χ2n) is 6.55. The van der Waals surface area contributed by atoms with E-state index in [0.717, 1.165) is 25.7 Å². The number of methoxy groups -OCH3 is 1. The molecule has 3 unspecified atom stereocenters. The first-order valence-corrected chi connectivity index (χ1v) is 9.91. The molecular weight excluding hydrogens is 354 g/mol. The fourth-order valence-corrected chi connectivity index (χ4v) is 6.69. The molecule has 2 heterocycles. The molecule has 0 aromatic carbocycles. The van der Waals surface area contributed by atoms with Gasteiger partial charge in [0.2, 0.25) is 10.0 Å². The summed E-state index contributed by atoms with van der Waals surface area (Å²) in [6, 6.07) is -0.965. The molecule has 9 heteroatoms. The summed E-state index contributed by atoms with van der Waals surface area (Å²) in [4.78, 5) is 12.2. The zero-order valence-electron chi connectivity index (χ0n) is 14.0. The minimum atomic E-state index is -3.94. The van der Waals surface area contributed by atoms with Gasteiger partial charge in [-0.2, -0.15) is 9.40 Å². The Morgan fingerprint density at radius 2 is 2.00 bits per heavy atom. The Labute approximate surface area is 147 Å². The average molecular weight is 376 g/mol. The molecular formula is C15H22ClN3O4S. The highest BCUT2D eigenvalue weighted by Gasteiger charge is 2.52. The molecule has 1 saturated heterocycles. The van der Waals surface area contributed by atoms with Gasteiger partial charge in [-0.15, -0.1) is 0 Å². The molecule has 3 atom stereocenters. The van der Waals surface area contributed by atoms with E-state index in [0.29, 0.717) is 12.1 Å². The summed E-state index contributed by atoms with van der Waals surface area (Å²) < 4.78 is 34.3. The van der Waals surface area contributed by atoms with Crippen LogP contribution >= 0.6 is 11.6 Å². The highest BCUT2D eigenvalue weighted by atomic mass is 35.5. The van der Waals surface area contributed by atoms with Gasteiger partial charge in [-0.05, 0) is 32.1 Å². The zero-order valence-corrected chi connectivity index (χ0v) is 15.6. The third-order valence-corrected chi connectivity index (χ3v) is 7.77. The standard InChI is InChI=1S/C15H22ClN3O4S/c1-9-13(14(16)18(2)17-9)24(21,22)19-11-7-5-4-6-10(11)8-12(19)15(20)23-3/h10-12H,4-8H2,1-3H3. The fraction of sp³-hybridized carbons (Fsp3) is 0.733. The summed E-state index contributed by atoms with van der Waals surface area (Å²) in [6.07, 6.45) is 4.22. The maximum atomic E-state index is 13.4. The van der Waals surface area contributed by atoms with E-state index in [-0.39, 0.29) is 22.0 Å². The van der Waals surface area contributed by atoms with Gasteiger partial charge in [-0.1, -0.05) is 24.4 Å². The average Bonchev–Trinajstić information content (AvgIpc) is 3.05. The number of carbonyl (C=O) groups is 1. The van der Waals surface area contributed by atoms with Crippen molar-refractivity contribution in [2.45, 2.75) is 56.0 Å². The number of esters is 1. The zero-order chi connectivity index (χ0) is 17.6. The Balaban J connectivity index is 2.10. The monoisotopic (exact) mass is 375 g/mol. The van der Waals surface area contributed by atoms with Crippen molar-refractivity contribution in [3.8, 4) is 0 Å². The summed E-state index contributed by atoms with van der Waals surface area (Å²) in [5, 5.41) is 4.17. The molecule has 0 bridgehead atoms. The summed E-state index contributed by atoms with van der Waals surface area (Å²) in [5.74, 6) is -0.320. The normalized spacial score (nSPS) is 27.9. The lowest BCUT2D eigenvalue weighted by atomic mass is 9.85. The van der Waals surface area contributed by atoms with Crippen LogP contribution in [0, 0.1) is 12.8 Å². The minimum absolute atomic E-state index is 0.00760. The first-order chi connectivity index (χ1) is 11.3. The summed E-state index contributed by atoms with van der Waals surface area (Å²) in [5.41, 5.74) is 0.338.